The number of halogens is 2. The molecule has 0 amide bonds. The zero-order valence-corrected chi connectivity index (χ0v) is 27.6. The van der Waals surface area contributed by atoms with Crippen LogP contribution in [0.1, 0.15) is 58.9 Å². The fourth-order valence-corrected chi connectivity index (χ4v) is 4.61. The van der Waals surface area contributed by atoms with Crippen molar-refractivity contribution in [2.24, 2.45) is 5.92 Å². The van der Waals surface area contributed by atoms with Gasteiger partial charge in [0.05, 0.1) is 0 Å². The molecule has 0 aliphatic heterocycles. The van der Waals surface area contributed by atoms with Crippen molar-refractivity contribution in [3.63, 3.8) is 0 Å². The fraction of sp³-hybridized carbons (Fsp3) is 0.323. The Kier molecular flexibility index (Phi) is 22.5. The van der Waals surface area contributed by atoms with E-state index in [0.717, 1.165) is 6.42 Å². The molecule has 192 valence electrons. The van der Waals surface area contributed by atoms with Crippen molar-refractivity contribution in [2.45, 2.75) is 60.3 Å². The molecule has 0 heterocycles. The van der Waals surface area contributed by atoms with Crippen LogP contribution in [0.2, 0.25) is 0 Å². The SMILES string of the molecule is CCC1=[C-]C(CC)C(CC)=C1CC.Cc1cc2c(-c3ccccc3)cccc2[cH-]1.Cl.Cl.[CH3-].[CH3-].[Si]=[Zr]. The van der Waals surface area contributed by atoms with Crippen LogP contribution in [-0.4, -0.2) is 6.88 Å². The van der Waals surface area contributed by atoms with E-state index in [4.69, 9.17) is 0 Å². The standard InChI is InChI=1S/C16H13.C13H21.2CH3.2ClH.Si.Zr/c1-12-10-14-8-5-9-15(16(14)11-12)13-6-3-2-4-7-13;1-5-10-9-11(6-2)13(8-4)12(10)7-3;;;;;;/h2-11H,1H3;10H,5-8H2,1-4H3;2*1H3;2*1H;;/q4*-1;;;;. The minimum atomic E-state index is 0. The van der Waals surface area contributed by atoms with Crippen LogP contribution in [0, 0.1) is 33.8 Å². The molecule has 3 aromatic carbocycles. The average molecular weight is 605 g/mol. The van der Waals surface area contributed by atoms with E-state index in [0.29, 0.717) is 5.92 Å². The van der Waals surface area contributed by atoms with Gasteiger partial charge in [0.25, 0.3) is 0 Å². The summed E-state index contributed by atoms with van der Waals surface area (Å²) in [5, 5.41) is 2.69. The molecule has 0 N–H and O–H groups in total. The van der Waals surface area contributed by atoms with Crippen LogP contribution < -0.4 is 0 Å². The maximum absolute atomic E-state index is 3.63. The van der Waals surface area contributed by atoms with Crippen LogP contribution in [0.3, 0.4) is 0 Å². The molecule has 1 atom stereocenters. The Morgan fingerprint density at radius 2 is 1.49 bits per heavy atom. The first-order valence-electron chi connectivity index (χ1n) is 11.4. The maximum atomic E-state index is 3.63. The number of aryl methyl sites for hydroxylation is 1. The summed E-state index contributed by atoms with van der Waals surface area (Å²) in [5.41, 5.74) is 8.70. The molecule has 0 fully saturated rings. The third-order valence-electron chi connectivity index (χ3n) is 6.00. The molecule has 4 heteroatoms. The van der Waals surface area contributed by atoms with E-state index in [1.54, 1.807) is 11.1 Å². The van der Waals surface area contributed by atoms with Gasteiger partial charge in [-0.1, -0.05) is 108 Å². The topological polar surface area (TPSA) is 0 Å². The summed E-state index contributed by atoms with van der Waals surface area (Å²) < 4.78 is 0. The van der Waals surface area contributed by atoms with Crippen molar-refractivity contribution in [1.82, 2.24) is 0 Å². The average Bonchev–Trinajstić information content (AvgIpc) is 3.39. The van der Waals surface area contributed by atoms with Gasteiger partial charge in [-0.05, 0) is 5.56 Å². The first-order chi connectivity index (χ1) is 15.1. The van der Waals surface area contributed by atoms with Crippen LogP contribution in [0.15, 0.2) is 77.4 Å². The third-order valence-corrected chi connectivity index (χ3v) is 6.00. The van der Waals surface area contributed by atoms with Crippen LogP contribution in [0.5, 0.6) is 0 Å². The zero-order valence-electron chi connectivity index (χ0n) is 22.5. The number of allylic oxidation sites excluding steroid dienone is 4. The van der Waals surface area contributed by atoms with Gasteiger partial charge in [-0.25, -0.2) is 5.57 Å². The molecule has 0 saturated heterocycles. The molecule has 1 unspecified atom stereocenters. The summed E-state index contributed by atoms with van der Waals surface area (Å²) in [6, 6.07) is 21.6. The number of hydrogen-bond acceptors (Lipinski definition) is 0. The summed E-state index contributed by atoms with van der Waals surface area (Å²) in [7, 11) is 0. The molecular formula is C31H42Cl2SiZr-4. The van der Waals surface area contributed by atoms with Gasteiger partial charge in [-0.3, -0.25) is 6.08 Å². The van der Waals surface area contributed by atoms with Gasteiger partial charge >= 0.3 is 30.2 Å². The Balaban J connectivity index is -0.000000502. The van der Waals surface area contributed by atoms with E-state index in [1.165, 1.54) is 75.6 Å². The number of benzene rings is 2. The van der Waals surface area contributed by atoms with Crippen molar-refractivity contribution in [2.75, 3.05) is 0 Å². The van der Waals surface area contributed by atoms with Gasteiger partial charge in [-0.15, -0.1) is 59.3 Å². The van der Waals surface area contributed by atoms with E-state index < -0.39 is 0 Å². The molecule has 0 nitrogen and oxygen atoms in total. The number of fused-ring (bicyclic) bond motifs is 1. The minimum absolute atomic E-state index is 0. The predicted octanol–water partition coefficient (Wildman–Crippen LogP) is 10.2. The zero-order chi connectivity index (χ0) is 22.8. The first-order valence-corrected chi connectivity index (χ1v) is 15.6. The normalized spacial score (nSPS) is 13.4. The summed E-state index contributed by atoms with van der Waals surface area (Å²) in [5.74, 6) is 0.634. The van der Waals surface area contributed by atoms with E-state index in [1.807, 2.05) is 0 Å². The van der Waals surface area contributed by atoms with Gasteiger partial charge in [-0.2, -0.15) is 17.2 Å². The monoisotopic (exact) mass is 602 g/mol. The van der Waals surface area contributed by atoms with E-state index in [9.17, 15) is 0 Å². The molecule has 0 bridgehead atoms. The van der Waals surface area contributed by atoms with Gasteiger partial charge in [0.2, 0.25) is 0 Å². The van der Waals surface area contributed by atoms with Gasteiger partial charge in [0.1, 0.15) is 0 Å². The second-order valence-corrected chi connectivity index (χ2v) is 7.86. The molecule has 3 aromatic rings. The molecule has 0 spiro atoms. The van der Waals surface area contributed by atoms with E-state index in [-0.39, 0.29) is 39.7 Å². The van der Waals surface area contributed by atoms with Crippen LogP contribution in [-0.2, 0) is 23.3 Å². The number of rotatable bonds is 5. The van der Waals surface area contributed by atoms with Crippen molar-refractivity contribution in [3.05, 3.63) is 104 Å². The molecule has 2 radical (unpaired) electrons. The fourth-order valence-electron chi connectivity index (χ4n) is 4.61. The second kappa shape index (κ2) is 20.3. The van der Waals surface area contributed by atoms with E-state index >= 15 is 0 Å². The Bertz CT molecular complexity index is 1030. The molecule has 0 aromatic heterocycles. The summed E-state index contributed by atoms with van der Waals surface area (Å²) in [6.45, 7) is 14.2. The Labute approximate surface area is 245 Å². The second-order valence-electron chi connectivity index (χ2n) is 7.86. The van der Waals surface area contributed by atoms with Crippen molar-refractivity contribution >= 4 is 42.5 Å². The quantitative estimate of drug-likeness (QED) is 0.201. The molecular weight excluding hydrogens is 563 g/mol. The van der Waals surface area contributed by atoms with E-state index in [2.05, 4.69) is 108 Å². The molecule has 0 saturated carbocycles. The van der Waals surface area contributed by atoms with Gasteiger partial charge < -0.3 is 14.9 Å². The summed E-state index contributed by atoms with van der Waals surface area (Å²) >= 11 is 1.36. The van der Waals surface area contributed by atoms with Crippen molar-refractivity contribution < 1.29 is 23.3 Å². The third kappa shape index (κ3) is 9.88. The Hall–Kier alpha value is -0.790. The summed E-state index contributed by atoms with van der Waals surface area (Å²) in [6.07, 6.45) is 8.41. The van der Waals surface area contributed by atoms with Gasteiger partial charge in [0, 0.05) is 0 Å². The summed E-state index contributed by atoms with van der Waals surface area (Å²) in [4.78, 5) is 0. The Morgan fingerprint density at radius 1 is 0.857 bits per heavy atom. The molecule has 1 aliphatic rings. The molecule has 35 heavy (non-hydrogen) atoms. The molecule has 1 aliphatic carbocycles. The number of hydrogen-bond donors (Lipinski definition) is 0. The van der Waals surface area contributed by atoms with Crippen LogP contribution >= 0.6 is 24.8 Å². The van der Waals surface area contributed by atoms with Crippen LogP contribution in [0.4, 0.5) is 0 Å². The van der Waals surface area contributed by atoms with Gasteiger partial charge in [0.15, 0.2) is 0 Å². The van der Waals surface area contributed by atoms with Crippen molar-refractivity contribution in [3.8, 4) is 11.1 Å². The predicted molar refractivity (Wildman–Crippen MR) is 161 cm³/mol. The Morgan fingerprint density at radius 3 is 2.00 bits per heavy atom. The first kappa shape index (κ1) is 38.7. The molecule has 4 rings (SSSR count). The van der Waals surface area contributed by atoms with Crippen molar-refractivity contribution in [1.29, 1.82) is 0 Å². The van der Waals surface area contributed by atoms with Crippen LogP contribution in [0.25, 0.3) is 21.9 Å².